The van der Waals surface area contributed by atoms with Gasteiger partial charge in [-0.2, -0.15) is 0 Å². The largest absolute Gasteiger partial charge is 0.472 e. The molecule has 1 aromatic carbocycles. The Morgan fingerprint density at radius 1 is 1.18 bits per heavy atom. The molecule has 0 aliphatic heterocycles. The van der Waals surface area contributed by atoms with Gasteiger partial charge in [0, 0.05) is 27.4 Å². The van der Waals surface area contributed by atoms with Crippen molar-refractivity contribution in [3.05, 3.63) is 94.1 Å². The molecule has 0 atom stereocenters. The summed E-state index contributed by atoms with van der Waals surface area (Å²) in [4.78, 5) is 24.0. The van der Waals surface area contributed by atoms with E-state index in [9.17, 15) is 9.59 Å². The van der Waals surface area contributed by atoms with Gasteiger partial charge in [0.15, 0.2) is 5.78 Å². The maximum Gasteiger partial charge on any atom is 0.211 e. The Kier molecular flexibility index (Phi) is 6.45. The molecule has 0 saturated carbocycles. The van der Waals surface area contributed by atoms with Crippen LogP contribution in [-0.4, -0.2) is 12.2 Å². The van der Waals surface area contributed by atoms with Crippen LogP contribution in [0.3, 0.4) is 0 Å². The van der Waals surface area contributed by atoms with Gasteiger partial charge in [0.2, 0.25) is 6.41 Å². The van der Waals surface area contributed by atoms with Gasteiger partial charge in [-0.15, -0.1) is 0 Å². The number of hydrogen-bond acceptors (Lipinski definition) is 3. The summed E-state index contributed by atoms with van der Waals surface area (Å²) in [5, 5.41) is 3.46. The molecule has 0 unspecified atom stereocenters. The van der Waals surface area contributed by atoms with Crippen LogP contribution in [-0.2, 0) is 9.59 Å². The average molecular weight is 394 g/mol. The van der Waals surface area contributed by atoms with Crippen molar-refractivity contribution in [1.82, 2.24) is 5.32 Å². The predicted molar refractivity (Wildman–Crippen MR) is 111 cm³/mol. The summed E-state index contributed by atoms with van der Waals surface area (Å²) >= 11 is 6.30. The van der Waals surface area contributed by atoms with Gasteiger partial charge < -0.3 is 9.73 Å². The van der Waals surface area contributed by atoms with Crippen molar-refractivity contribution >= 4 is 35.4 Å². The van der Waals surface area contributed by atoms with Crippen molar-refractivity contribution in [2.24, 2.45) is 0 Å². The number of carbonyl (C=O) groups excluding carboxylic acids is 2. The van der Waals surface area contributed by atoms with E-state index in [0.29, 0.717) is 29.9 Å². The second-order valence-corrected chi connectivity index (χ2v) is 6.85. The number of carbonyl (C=O) groups is 2. The van der Waals surface area contributed by atoms with Crippen LogP contribution in [0.1, 0.15) is 30.9 Å². The molecular formula is C23H20ClNO3. The van der Waals surface area contributed by atoms with E-state index in [4.69, 9.17) is 16.0 Å². The molecule has 28 heavy (non-hydrogen) atoms. The highest BCUT2D eigenvalue weighted by molar-refractivity contribution is 6.30. The maximum atomic E-state index is 12.9. The third-order valence-corrected chi connectivity index (χ3v) is 4.82. The van der Waals surface area contributed by atoms with Crippen molar-refractivity contribution in [3.63, 3.8) is 0 Å². The number of ketones is 1. The summed E-state index contributed by atoms with van der Waals surface area (Å²) in [6.07, 6.45) is 10.1. The zero-order valence-electron chi connectivity index (χ0n) is 15.4. The minimum absolute atomic E-state index is 0.131. The lowest BCUT2D eigenvalue weighted by molar-refractivity contribution is -0.111. The molecule has 1 aliphatic carbocycles. The molecule has 0 saturated heterocycles. The van der Waals surface area contributed by atoms with E-state index in [-0.39, 0.29) is 5.78 Å². The Balaban J connectivity index is 2.12. The fourth-order valence-corrected chi connectivity index (χ4v) is 3.31. The topological polar surface area (TPSA) is 59.3 Å². The Hall–Kier alpha value is -3.11. The second-order valence-electron chi connectivity index (χ2n) is 6.37. The molecule has 0 bridgehead atoms. The van der Waals surface area contributed by atoms with Gasteiger partial charge in [-0.3, -0.25) is 9.59 Å². The number of amides is 1. The van der Waals surface area contributed by atoms with Crippen molar-refractivity contribution in [1.29, 1.82) is 0 Å². The quantitative estimate of drug-likeness (QED) is 0.516. The molecule has 1 N–H and O–H groups in total. The predicted octanol–water partition coefficient (Wildman–Crippen LogP) is 5.25. The van der Waals surface area contributed by atoms with Crippen LogP contribution in [0.15, 0.2) is 87.4 Å². The molecule has 142 valence electrons. The molecule has 3 rings (SSSR count). The summed E-state index contributed by atoms with van der Waals surface area (Å²) in [6.45, 7) is 1.78. The second kappa shape index (κ2) is 9.20. The maximum absolute atomic E-state index is 12.9. The zero-order valence-corrected chi connectivity index (χ0v) is 16.2. The van der Waals surface area contributed by atoms with E-state index in [1.807, 2.05) is 36.4 Å². The Bertz CT molecular complexity index is 980. The van der Waals surface area contributed by atoms with Crippen molar-refractivity contribution < 1.29 is 14.0 Å². The molecule has 1 aromatic heterocycles. The van der Waals surface area contributed by atoms with Gasteiger partial charge in [0.25, 0.3) is 0 Å². The van der Waals surface area contributed by atoms with Gasteiger partial charge in [0.1, 0.15) is 0 Å². The number of benzene rings is 1. The molecule has 4 nitrogen and oxygen atoms in total. The molecular weight excluding hydrogens is 374 g/mol. The lowest BCUT2D eigenvalue weighted by Gasteiger charge is -2.21. The number of rotatable bonds is 7. The SMILES string of the molecule is C/C(C(=O)/C=C/c1ccoc1)=C(\C1=C(NC=O)CCC(Cl)=C1)c1ccccc1. The first-order valence-corrected chi connectivity index (χ1v) is 9.28. The van der Waals surface area contributed by atoms with E-state index in [1.165, 1.54) is 6.08 Å². The minimum atomic E-state index is -0.131. The molecule has 5 heteroatoms. The standard InChI is InChI=1S/C23H20ClNO3/c1-16(22(27)10-7-17-11-12-28-14-17)23(18-5-3-2-4-6-18)20-13-19(24)8-9-21(20)25-15-26/h2-7,10-15H,8-9H2,1H3,(H,25,26)/b10-7+,23-16+. The van der Waals surface area contributed by atoms with Gasteiger partial charge >= 0.3 is 0 Å². The van der Waals surface area contributed by atoms with Crippen LogP contribution < -0.4 is 5.32 Å². The molecule has 1 heterocycles. The third kappa shape index (κ3) is 4.59. The molecule has 0 spiro atoms. The van der Waals surface area contributed by atoms with Gasteiger partial charge in [0.05, 0.1) is 12.5 Å². The van der Waals surface area contributed by atoms with Crippen molar-refractivity contribution in [3.8, 4) is 0 Å². The number of hydrogen-bond donors (Lipinski definition) is 1. The Labute approximate surface area is 168 Å². The fraction of sp³-hybridized carbons (Fsp3) is 0.130. The van der Waals surface area contributed by atoms with E-state index in [2.05, 4.69) is 5.32 Å². The van der Waals surface area contributed by atoms with Crippen LogP contribution in [0.4, 0.5) is 0 Å². The monoisotopic (exact) mass is 393 g/mol. The van der Waals surface area contributed by atoms with Crippen LogP contribution in [0.25, 0.3) is 11.6 Å². The van der Waals surface area contributed by atoms with Gasteiger partial charge in [-0.1, -0.05) is 41.9 Å². The zero-order chi connectivity index (χ0) is 19.9. The van der Waals surface area contributed by atoms with Gasteiger partial charge in [-0.25, -0.2) is 0 Å². The van der Waals surface area contributed by atoms with Crippen molar-refractivity contribution in [2.75, 3.05) is 0 Å². The molecule has 1 amide bonds. The third-order valence-electron chi connectivity index (χ3n) is 4.52. The van der Waals surface area contributed by atoms with E-state index < -0.39 is 0 Å². The van der Waals surface area contributed by atoms with E-state index in [1.54, 1.807) is 31.6 Å². The molecule has 0 fully saturated rings. The summed E-state index contributed by atoms with van der Waals surface area (Å²) in [6, 6.07) is 11.4. The number of allylic oxidation sites excluding steroid dienone is 7. The first-order chi connectivity index (χ1) is 13.6. The highest BCUT2D eigenvalue weighted by Gasteiger charge is 2.21. The summed E-state index contributed by atoms with van der Waals surface area (Å²) in [5.74, 6) is -0.131. The Morgan fingerprint density at radius 2 is 1.96 bits per heavy atom. The number of furan rings is 1. The molecule has 1 aliphatic rings. The summed E-state index contributed by atoms with van der Waals surface area (Å²) < 4.78 is 5.03. The van der Waals surface area contributed by atoms with Crippen molar-refractivity contribution in [2.45, 2.75) is 19.8 Å². The fourth-order valence-electron chi connectivity index (χ4n) is 3.11. The summed E-state index contributed by atoms with van der Waals surface area (Å²) in [7, 11) is 0. The molecule has 0 radical (unpaired) electrons. The average Bonchev–Trinajstić information content (AvgIpc) is 3.23. The lowest BCUT2D eigenvalue weighted by atomic mass is 9.87. The normalized spacial score (nSPS) is 15.3. The first-order valence-electron chi connectivity index (χ1n) is 8.91. The lowest BCUT2D eigenvalue weighted by Crippen LogP contribution is -2.16. The number of halogens is 1. The van der Waals surface area contributed by atoms with Crippen LogP contribution in [0.5, 0.6) is 0 Å². The van der Waals surface area contributed by atoms with Gasteiger partial charge in [-0.05, 0) is 55.2 Å². The van der Waals surface area contributed by atoms with Crippen LogP contribution in [0.2, 0.25) is 0 Å². The minimum Gasteiger partial charge on any atom is -0.472 e. The number of nitrogens with one attached hydrogen (secondary N) is 1. The first kappa shape index (κ1) is 19.6. The smallest absolute Gasteiger partial charge is 0.211 e. The van der Waals surface area contributed by atoms with E-state index >= 15 is 0 Å². The van der Waals surface area contributed by atoms with Crippen LogP contribution in [0, 0.1) is 0 Å². The van der Waals surface area contributed by atoms with Crippen LogP contribution >= 0.6 is 11.6 Å². The Morgan fingerprint density at radius 3 is 2.64 bits per heavy atom. The van der Waals surface area contributed by atoms with E-state index in [0.717, 1.165) is 28.0 Å². The highest BCUT2D eigenvalue weighted by Crippen LogP contribution is 2.36. The molecule has 2 aromatic rings. The summed E-state index contributed by atoms with van der Waals surface area (Å²) in [5.41, 5.74) is 4.53. The highest BCUT2D eigenvalue weighted by atomic mass is 35.5.